The lowest BCUT2D eigenvalue weighted by Gasteiger charge is -2.24. The van der Waals surface area contributed by atoms with Crippen molar-refractivity contribution in [1.82, 2.24) is 9.55 Å². The fraction of sp³-hybridized carbons (Fsp3) is 0.667. The molecule has 10 heteroatoms. The summed E-state index contributed by atoms with van der Waals surface area (Å²) >= 11 is 0. The molecule has 1 saturated carbocycles. The first kappa shape index (κ1) is 19.8. The molecule has 1 aromatic heterocycles. The van der Waals surface area contributed by atoms with Crippen molar-refractivity contribution in [3.8, 4) is 0 Å². The molecule has 0 amide bonds. The lowest BCUT2D eigenvalue weighted by molar-refractivity contribution is -0.152. The first-order chi connectivity index (χ1) is 11.9. The fourth-order valence-corrected chi connectivity index (χ4v) is 3.97. The summed E-state index contributed by atoms with van der Waals surface area (Å²) < 4.78 is 22.5. The predicted molar refractivity (Wildman–Crippen MR) is 90.6 cm³/mol. The average Bonchev–Trinajstić information content (AvgIpc) is 3.06. The van der Waals surface area contributed by atoms with Crippen molar-refractivity contribution >= 4 is 14.3 Å². The highest BCUT2D eigenvalue weighted by Crippen LogP contribution is 2.45. The van der Waals surface area contributed by atoms with Crippen LogP contribution < -0.4 is 11.2 Å². The summed E-state index contributed by atoms with van der Waals surface area (Å²) in [6, 6.07) is -0.109. The Labute approximate surface area is 146 Å². The van der Waals surface area contributed by atoms with Crippen LogP contribution in [0.25, 0.3) is 0 Å². The number of methoxy groups -OCH3 is 1. The minimum atomic E-state index is -1.58. The summed E-state index contributed by atoms with van der Waals surface area (Å²) in [5, 5.41) is 0. The van der Waals surface area contributed by atoms with E-state index >= 15 is 0 Å². The average molecular weight is 374 g/mol. The second kappa shape index (κ2) is 8.71. The molecular formula is C15H23N2O7P. The first-order valence-electron chi connectivity index (χ1n) is 7.84. The Hall–Kier alpha value is -1.54. The Kier molecular flexibility index (Phi) is 6.89. The van der Waals surface area contributed by atoms with Crippen LogP contribution in [-0.4, -0.2) is 48.8 Å². The van der Waals surface area contributed by atoms with Gasteiger partial charge in [-0.15, -0.1) is 0 Å². The first-order valence-corrected chi connectivity index (χ1v) is 9.08. The van der Waals surface area contributed by atoms with Crippen LogP contribution in [0.3, 0.4) is 0 Å². The molecule has 1 fully saturated rings. The van der Waals surface area contributed by atoms with Crippen LogP contribution in [-0.2, 0) is 23.3 Å². The largest absolute Gasteiger partial charge is 0.467 e. The van der Waals surface area contributed by atoms with Gasteiger partial charge in [-0.25, -0.2) is 9.59 Å². The standard InChI is InChI=1S/C15H23N2O7P/c1-9-8-17(15(20)16-12(9)18)10-5-6-11(7-10)24-14(13(19)21-2)25(22-3)23-4/h8,10-11,14H,5-7H2,1-4H3,(H,16,18,20)/t10-,11+,14?/m1/s1. The molecule has 1 heterocycles. The van der Waals surface area contributed by atoms with Gasteiger partial charge in [0.05, 0.1) is 13.2 Å². The fourth-order valence-electron chi connectivity index (χ4n) is 2.89. The minimum absolute atomic E-state index is 0.109. The summed E-state index contributed by atoms with van der Waals surface area (Å²) in [5.41, 5.74) is -0.357. The zero-order valence-electron chi connectivity index (χ0n) is 14.7. The molecule has 1 aromatic rings. The molecule has 0 spiro atoms. The second-order valence-electron chi connectivity index (χ2n) is 5.73. The van der Waals surface area contributed by atoms with E-state index in [0.29, 0.717) is 24.8 Å². The van der Waals surface area contributed by atoms with Crippen molar-refractivity contribution in [2.75, 3.05) is 21.3 Å². The van der Waals surface area contributed by atoms with Gasteiger partial charge < -0.3 is 18.5 Å². The molecule has 9 nitrogen and oxygen atoms in total. The molecule has 0 aliphatic heterocycles. The maximum Gasteiger partial charge on any atom is 0.344 e. The van der Waals surface area contributed by atoms with Crippen molar-refractivity contribution in [3.63, 3.8) is 0 Å². The van der Waals surface area contributed by atoms with Crippen molar-refractivity contribution in [3.05, 3.63) is 32.6 Å². The van der Waals surface area contributed by atoms with Crippen LogP contribution in [0, 0.1) is 6.92 Å². The minimum Gasteiger partial charge on any atom is -0.467 e. The lowest BCUT2D eigenvalue weighted by atomic mass is 10.2. The third-order valence-electron chi connectivity index (χ3n) is 4.17. The molecular weight excluding hydrogens is 351 g/mol. The summed E-state index contributed by atoms with van der Waals surface area (Å²) in [5.74, 6) is -1.51. The predicted octanol–water partition coefficient (Wildman–Crippen LogP) is 1.06. The number of carbonyl (C=O) groups excluding carboxylic acids is 1. The van der Waals surface area contributed by atoms with E-state index in [1.54, 1.807) is 13.1 Å². The number of aromatic amines is 1. The Morgan fingerprint density at radius 2 is 1.96 bits per heavy atom. The van der Waals surface area contributed by atoms with Gasteiger partial charge >= 0.3 is 11.7 Å². The zero-order valence-corrected chi connectivity index (χ0v) is 15.6. The van der Waals surface area contributed by atoms with E-state index in [2.05, 4.69) is 4.98 Å². The van der Waals surface area contributed by atoms with Gasteiger partial charge in [-0.1, -0.05) is 0 Å². The van der Waals surface area contributed by atoms with E-state index in [1.165, 1.54) is 25.9 Å². The van der Waals surface area contributed by atoms with Crippen molar-refractivity contribution in [2.45, 2.75) is 44.2 Å². The van der Waals surface area contributed by atoms with Gasteiger partial charge in [-0.3, -0.25) is 14.3 Å². The van der Waals surface area contributed by atoms with Crippen LogP contribution in [0.5, 0.6) is 0 Å². The zero-order chi connectivity index (χ0) is 18.6. The SMILES string of the molecule is COC(=O)C(O[C@H]1CC[C@@H](n2cc(C)c(=O)[nH]c2=O)C1)P(OC)OC. The topological polar surface area (TPSA) is 109 Å². The monoisotopic (exact) mass is 374 g/mol. The molecule has 1 aliphatic rings. The van der Waals surface area contributed by atoms with Gasteiger partial charge in [0.25, 0.3) is 5.56 Å². The number of carbonyl (C=O) groups is 1. The number of aryl methyl sites for hydroxylation is 1. The van der Waals surface area contributed by atoms with E-state index in [0.717, 1.165) is 0 Å². The highest BCUT2D eigenvalue weighted by Gasteiger charge is 2.37. The maximum atomic E-state index is 12.0. The van der Waals surface area contributed by atoms with E-state index in [1.807, 2.05) is 0 Å². The highest BCUT2D eigenvalue weighted by molar-refractivity contribution is 7.49. The number of aromatic nitrogens is 2. The number of rotatable bonds is 7. The molecule has 140 valence electrons. The third kappa shape index (κ3) is 4.55. The highest BCUT2D eigenvalue weighted by atomic mass is 31.2. The lowest BCUT2D eigenvalue weighted by Crippen LogP contribution is -2.33. The van der Waals surface area contributed by atoms with Crippen molar-refractivity contribution in [2.24, 2.45) is 0 Å². The van der Waals surface area contributed by atoms with Gasteiger partial charge in [0, 0.05) is 32.0 Å². The molecule has 0 bridgehead atoms. The normalized spacial score (nSPS) is 21.5. The van der Waals surface area contributed by atoms with Crippen LogP contribution in [0.1, 0.15) is 30.9 Å². The Balaban J connectivity index is 2.11. The van der Waals surface area contributed by atoms with Gasteiger partial charge in [-0.2, -0.15) is 0 Å². The third-order valence-corrected chi connectivity index (χ3v) is 5.61. The number of nitrogens with one attached hydrogen (secondary N) is 1. The Morgan fingerprint density at radius 3 is 2.56 bits per heavy atom. The second-order valence-corrected chi connectivity index (χ2v) is 7.50. The van der Waals surface area contributed by atoms with E-state index in [9.17, 15) is 14.4 Å². The van der Waals surface area contributed by atoms with E-state index in [-0.39, 0.29) is 17.7 Å². The molecule has 2 rings (SSSR count). The summed E-state index contributed by atoms with van der Waals surface area (Å²) in [7, 11) is 2.58. The van der Waals surface area contributed by atoms with Gasteiger partial charge in [0.1, 0.15) is 0 Å². The smallest absolute Gasteiger partial charge is 0.344 e. The Morgan fingerprint density at radius 1 is 1.28 bits per heavy atom. The van der Waals surface area contributed by atoms with Crippen molar-refractivity contribution in [1.29, 1.82) is 0 Å². The summed E-state index contributed by atoms with van der Waals surface area (Å²) in [6.45, 7) is 1.65. The molecule has 0 radical (unpaired) electrons. The number of hydrogen-bond acceptors (Lipinski definition) is 7. The molecule has 25 heavy (non-hydrogen) atoms. The van der Waals surface area contributed by atoms with E-state index in [4.69, 9.17) is 18.5 Å². The molecule has 0 aromatic carbocycles. The number of esters is 1. The maximum absolute atomic E-state index is 12.0. The molecule has 0 saturated heterocycles. The van der Waals surface area contributed by atoms with Crippen LogP contribution >= 0.6 is 8.38 Å². The van der Waals surface area contributed by atoms with Crippen molar-refractivity contribution < 1.29 is 23.3 Å². The quantitative estimate of drug-likeness (QED) is 0.561. The molecule has 1 unspecified atom stereocenters. The van der Waals surface area contributed by atoms with Crippen LogP contribution in [0.4, 0.5) is 0 Å². The van der Waals surface area contributed by atoms with Gasteiger partial charge in [0.15, 0.2) is 0 Å². The summed E-state index contributed by atoms with van der Waals surface area (Å²) in [6.07, 6.45) is 3.21. The van der Waals surface area contributed by atoms with Crippen LogP contribution in [0.15, 0.2) is 15.8 Å². The molecule has 1 N–H and O–H groups in total. The van der Waals surface area contributed by atoms with Gasteiger partial charge in [-0.05, 0) is 26.2 Å². The van der Waals surface area contributed by atoms with Crippen LogP contribution in [0.2, 0.25) is 0 Å². The number of hydrogen-bond donors (Lipinski definition) is 1. The molecule has 1 aliphatic carbocycles. The number of nitrogens with zero attached hydrogens (tertiary/aromatic N) is 1. The van der Waals surface area contributed by atoms with Gasteiger partial charge in [0.2, 0.25) is 14.2 Å². The Bertz CT molecular complexity index is 713. The number of H-pyrrole nitrogens is 1. The summed E-state index contributed by atoms with van der Waals surface area (Å²) in [4.78, 5) is 37.8. The number of ether oxygens (including phenoxy) is 2. The molecule has 3 atom stereocenters. The van der Waals surface area contributed by atoms with E-state index < -0.39 is 25.9 Å².